The topological polar surface area (TPSA) is 364 Å². The van der Waals surface area contributed by atoms with E-state index in [0.29, 0.717) is 5.75 Å². The summed E-state index contributed by atoms with van der Waals surface area (Å²) < 4.78 is 62.0. The van der Waals surface area contributed by atoms with Gasteiger partial charge in [-0.3, -0.25) is 32.5 Å². The predicted octanol–water partition coefficient (Wildman–Crippen LogP) is -0.459. The van der Waals surface area contributed by atoms with Gasteiger partial charge in [-0.1, -0.05) is 25.6 Å². The fraction of sp³-hybridized carbons (Fsp3) is 0.600. The highest BCUT2D eigenvalue weighted by Crippen LogP contribution is 2.61. The molecule has 3 heterocycles. The van der Waals surface area contributed by atoms with Crippen molar-refractivity contribution >= 4 is 80.9 Å². The van der Waals surface area contributed by atoms with Gasteiger partial charge in [-0.25, -0.2) is 28.6 Å². The van der Waals surface area contributed by atoms with Crippen LogP contribution in [0.15, 0.2) is 24.1 Å². The Morgan fingerprint density at radius 1 is 1.09 bits per heavy atom. The number of nitrogens with two attached hydrogens (primary N) is 1. The number of fused-ring (bicyclic) bond motifs is 1. The second-order valence-electron chi connectivity index (χ2n) is 11.8. The van der Waals surface area contributed by atoms with E-state index >= 15 is 0 Å². The smallest absolute Gasteiger partial charge is 0.386 e. The molecule has 3 rings (SSSR count). The Kier molecular flexibility index (Phi) is 16.8. The maximum atomic E-state index is 12.6. The molecule has 29 heteroatoms. The summed E-state index contributed by atoms with van der Waals surface area (Å²) in [6.07, 6.45) is -3.71. The standard InChI is InChI=1S/C25H40N7O17P3S2/c1-25(2,20(36)23(37)28-6-4-15(33)27-7-9-54-16(34)5-8-53-3)11-46-52(43,44)49-51(41,42)45-10-14-19(48-50(38,39)40)18(35)24(47-14)32-13-31-17-21(26)29-12-30-22(17)32/h5,8,12-14,18-20,24,35-36H,4,6-7,9-11H2,1-3H3,(H,27,33)(H,28,37)(H,41,42)(H,43,44)(H2,26,29,30)(H2,38,39,40)/b8-5+/t14-,18-,19-,20+,24-/m1/s1. The minimum Gasteiger partial charge on any atom is -0.386 e. The van der Waals surface area contributed by atoms with Crippen LogP contribution >= 0.6 is 47.0 Å². The van der Waals surface area contributed by atoms with Crippen molar-refractivity contribution in [2.24, 2.45) is 5.41 Å². The molecule has 2 aromatic rings. The molecule has 0 aromatic carbocycles. The van der Waals surface area contributed by atoms with Gasteiger partial charge in [-0.15, -0.1) is 11.8 Å². The van der Waals surface area contributed by atoms with Gasteiger partial charge in [-0.2, -0.15) is 4.31 Å². The zero-order valence-corrected chi connectivity index (χ0v) is 33.0. The number of phosphoric ester groups is 3. The van der Waals surface area contributed by atoms with Gasteiger partial charge in [0.15, 0.2) is 17.7 Å². The third kappa shape index (κ3) is 14.0. The number of nitrogens with zero attached hydrogens (tertiary/aromatic N) is 4. The molecule has 2 aromatic heterocycles. The number of anilines is 1. The molecule has 10 N–H and O–H groups in total. The normalized spacial score (nSPS) is 22.2. The van der Waals surface area contributed by atoms with Crippen molar-refractivity contribution in [2.45, 2.75) is 50.9 Å². The quantitative estimate of drug-likeness (QED) is 0.0435. The molecule has 0 radical (unpaired) electrons. The second-order valence-corrected chi connectivity index (χ2v) is 17.9. The first-order chi connectivity index (χ1) is 25.1. The predicted molar refractivity (Wildman–Crippen MR) is 190 cm³/mol. The van der Waals surface area contributed by atoms with E-state index in [0.717, 1.165) is 29.0 Å². The molecule has 1 aliphatic heterocycles. The number of hydrogen-bond donors (Lipinski definition) is 9. The van der Waals surface area contributed by atoms with Crippen molar-refractivity contribution < 1.29 is 80.5 Å². The Balaban J connectivity index is 1.51. The largest absolute Gasteiger partial charge is 0.481 e. The number of hydrogen-bond acceptors (Lipinski definition) is 19. The first-order valence-corrected chi connectivity index (χ1v) is 22.1. The van der Waals surface area contributed by atoms with Crippen LogP contribution in [-0.4, -0.2) is 129 Å². The molecule has 24 nitrogen and oxygen atoms in total. The number of ether oxygens (including phenoxy) is 1. The number of imidazole rings is 1. The monoisotopic (exact) mass is 867 g/mol. The Labute approximate surface area is 315 Å². The molecule has 2 unspecified atom stereocenters. The molecule has 54 heavy (non-hydrogen) atoms. The highest BCUT2D eigenvalue weighted by molar-refractivity contribution is 8.14. The summed E-state index contributed by atoms with van der Waals surface area (Å²) >= 11 is 2.38. The average molecular weight is 868 g/mol. The summed E-state index contributed by atoms with van der Waals surface area (Å²) in [6.45, 7) is 0.472. The van der Waals surface area contributed by atoms with Crippen molar-refractivity contribution in [1.82, 2.24) is 30.2 Å². The van der Waals surface area contributed by atoms with E-state index in [2.05, 4.69) is 34.4 Å². The molecule has 0 aliphatic carbocycles. The number of aromatic nitrogens is 4. The van der Waals surface area contributed by atoms with Crippen molar-refractivity contribution in [3.05, 3.63) is 24.1 Å². The molecule has 304 valence electrons. The van der Waals surface area contributed by atoms with E-state index in [1.54, 1.807) is 11.7 Å². The molecule has 0 spiro atoms. The van der Waals surface area contributed by atoms with Crippen LogP contribution in [0, 0.1) is 5.41 Å². The second kappa shape index (κ2) is 19.7. The molecule has 0 saturated carbocycles. The number of amides is 2. The Morgan fingerprint density at radius 2 is 1.78 bits per heavy atom. The van der Waals surface area contributed by atoms with Crippen LogP contribution < -0.4 is 16.4 Å². The maximum Gasteiger partial charge on any atom is 0.481 e. The van der Waals surface area contributed by atoms with Crippen molar-refractivity contribution in [3.63, 3.8) is 0 Å². The van der Waals surface area contributed by atoms with E-state index < -0.39 is 84.6 Å². The van der Waals surface area contributed by atoms with E-state index in [9.17, 15) is 57.9 Å². The summed E-state index contributed by atoms with van der Waals surface area (Å²) in [7, 11) is -16.4. The molecule has 2 amide bonds. The summed E-state index contributed by atoms with van der Waals surface area (Å²) in [5.74, 6) is -1.14. The summed E-state index contributed by atoms with van der Waals surface area (Å²) in [4.78, 5) is 86.9. The average Bonchev–Trinajstić information content (AvgIpc) is 3.63. The zero-order valence-electron chi connectivity index (χ0n) is 28.6. The molecular weight excluding hydrogens is 827 g/mol. The number of aliphatic hydroxyl groups is 2. The summed E-state index contributed by atoms with van der Waals surface area (Å²) in [6, 6.07) is 0. The van der Waals surface area contributed by atoms with Crippen LogP contribution in [-0.2, 0) is 50.7 Å². The number of aliphatic hydroxyl groups excluding tert-OH is 2. The van der Waals surface area contributed by atoms with Gasteiger partial charge in [0, 0.05) is 30.7 Å². The van der Waals surface area contributed by atoms with Crippen LogP contribution in [0.3, 0.4) is 0 Å². The van der Waals surface area contributed by atoms with Crippen molar-refractivity contribution in [1.29, 1.82) is 0 Å². The summed E-state index contributed by atoms with van der Waals surface area (Å²) in [5.41, 5.74) is 4.26. The first kappa shape index (κ1) is 46.0. The molecule has 1 fully saturated rings. The van der Waals surface area contributed by atoms with Gasteiger partial charge in [0.05, 0.1) is 19.5 Å². The highest BCUT2D eigenvalue weighted by Gasteiger charge is 2.50. The van der Waals surface area contributed by atoms with Crippen LogP contribution in [0.25, 0.3) is 11.2 Å². The van der Waals surface area contributed by atoms with E-state index in [1.165, 1.54) is 31.7 Å². The number of rotatable bonds is 21. The van der Waals surface area contributed by atoms with Crippen molar-refractivity contribution in [2.75, 3.05) is 44.0 Å². The van der Waals surface area contributed by atoms with Crippen LogP contribution in [0.2, 0.25) is 0 Å². The summed E-state index contributed by atoms with van der Waals surface area (Å²) in [5, 5.41) is 27.7. The van der Waals surface area contributed by atoms with E-state index in [1.807, 2.05) is 0 Å². The van der Waals surface area contributed by atoms with Gasteiger partial charge in [0.1, 0.15) is 36.3 Å². The lowest BCUT2D eigenvalue weighted by Crippen LogP contribution is -2.46. The molecular formula is C25H40N7O17P3S2. The lowest BCUT2D eigenvalue weighted by molar-refractivity contribution is -0.137. The minimum absolute atomic E-state index is 0.0298. The van der Waals surface area contributed by atoms with Gasteiger partial charge >= 0.3 is 23.5 Å². The number of phosphoric acid groups is 3. The third-order valence-electron chi connectivity index (χ3n) is 7.09. The number of nitrogens with one attached hydrogen (secondary N) is 2. The number of carbonyl (C=O) groups excluding carboxylic acids is 3. The lowest BCUT2D eigenvalue weighted by atomic mass is 9.87. The third-order valence-corrected chi connectivity index (χ3v) is 11.4. The number of thioether (sulfide) groups is 2. The SMILES string of the molecule is CS/C=C/C(=O)SCCNC(=O)CCNC(=O)[C@H](O)C(C)(C)COP(=O)(O)OP(=O)(O)OC[C@H]1O[C@@H](n2cnc3c(N)ncnc32)[C@H](O)[C@@H]1OP(=O)(O)O. The van der Waals surface area contributed by atoms with Crippen LogP contribution in [0.5, 0.6) is 0 Å². The van der Waals surface area contributed by atoms with Gasteiger partial charge in [0.25, 0.3) is 0 Å². The molecule has 1 aliphatic rings. The molecule has 7 atom stereocenters. The highest BCUT2D eigenvalue weighted by atomic mass is 32.2. The first-order valence-electron chi connectivity index (χ1n) is 15.3. The number of carbonyl (C=O) groups is 3. The fourth-order valence-electron chi connectivity index (χ4n) is 4.45. The van der Waals surface area contributed by atoms with Gasteiger partial charge < -0.3 is 50.9 Å². The maximum absolute atomic E-state index is 12.6. The Bertz CT molecular complexity index is 1810. The minimum atomic E-state index is -5.57. The Hall–Kier alpha value is -2.35. The van der Waals surface area contributed by atoms with Crippen LogP contribution in [0.4, 0.5) is 5.82 Å². The van der Waals surface area contributed by atoms with Crippen LogP contribution in [0.1, 0.15) is 26.5 Å². The lowest BCUT2D eigenvalue weighted by Gasteiger charge is -2.30. The Morgan fingerprint density at radius 3 is 2.44 bits per heavy atom. The molecule has 0 bridgehead atoms. The van der Waals surface area contributed by atoms with E-state index in [-0.39, 0.29) is 41.6 Å². The van der Waals surface area contributed by atoms with Gasteiger partial charge in [0.2, 0.25) is 16.9 Å². The fourth-order valence-corrected chi connectivity index (χ4v) is 8.20. The van der Waals surface area contributed by atoms with Crippen molar-refractivity contribution in [3.8, 4) is 0 Å². The van der Waals surface area contributed by atoms with E-state index in [4.69, 9.17) is 19.5 Å². The zero-order chi connectivity index (χ0) is 40.5. The number of nitrogen functional groups attached to an aromatic ring is 1. The van der Waals surface area contributed by atoms with Gasteiger partial charge in [-0.05, 0) is 17.7 Å². The molecule has 1 saturated heterocycles.